The molecule has 8 heteroatoms. The Hall–Kier alpha value is -1.73. The van der Waals surface area contributed by atoms with Gasteiger partial charge in [-0.25, -0.2) is 9.97 Å². The number of fused-ring (bicyclic) bond motifs is 1. The number of rotatable bonds is 4. The maximum atomic E-state index is 5.82. The third-order valence-electron chi connectivity index (χ3n) is 2.64. The Bertz CT molecular complexity index is 710. The van der Waals surface area contributed by atoms with Crippen LogP contribution in [0.4, 0.5) is 0 Å². The molecule has 1 N–H and O–H groups in total. The summed E-state index contributed by atoms with van der Waals surface area (Å²) >= 11 is 7.44. The van der Waals surface area contributed by atoms with Crippen LogP contribution < -0.4 is 4.74 Å². The summed E-state index contributed by atoms with van der Waals surface area (Å²) < 4.78 is 5.66. The molecule has 0 atom stereocenters. The van der Waals surface area contributed by atoms with Gasteiger partial charge < -0.3 is 9.72 Å². The van der Waals surface area contributed by atoms with Gasteiger partial charge in [0.1, 0.15) is 5.52 Å². The zero-order valence-electron chi connectivity index (χ0n) is 10.1. The van der Waals surface area contributed by atoms with Crippen molar-refractivity contribution in [3.63, 3.8) is 0 Å². The standard InChI is InChI=1S/C11H10ClN5OS/c1-6-7(19-5-15-6)2-3-18-10-8-9(14-4-13-8)16-11(12)17-10/h4-5H,2-3H2,1H3,(H,13,14,16,17). The smallest absolute Gasteiger partial charge is 0.244 e. The van der Waals surface area contributed by atoms with Gasteiger partial charge in [-0.3, -0.25) is 0 Å². The van der Waals surface area contributed by atoms with Crippen LogP contribution in [0, 0.1) is 6.92 Å². The van der Waals surface area contributed by atoms with Crippen molar-refractivity contribution >= 4 is 34.1 Å². The third-order valence-corrected chi connectivity index (χ3v) is 3.80. The first-order chi connectivity index (χ1) is 9.24. The average molecular weight is 296 g/mol. The fourth-order valence-electron chi connectivity index (χ4n) is 1.69. The Labute approximate surface area is 117 Å². The fraction of sp³-hybridized carbons (Fsp3) is 0.273. The van der Waals surface area contributed by atoms with Gasteiger partial charge in [-0.15, -0.1) is 11.3 Å². The first-order valence-corrected chi connectivity index (χ1v) is 6.88. The molecule has 3 aromatic heterocycles. The predicted octanol–water partition coefficient (Wildman–Crippen LogP) is 2.39. The third kappa shape index (κ3) is 2.52. The number of halogens is 1. The van der Waals surface area contributed by atoms with Crippen molar-refractivity contribution in [1.29, 1.82) is 0 Å². The molecule has 0 aliphatic carbocycles. The number of thiazole rings is 1. The highest BCUT2D eigenvalue weighted by atomic mass is 35.5. The molecule has 3 aromatic rings. The maximum Gasteiger partial charge on any atom is 0.244 e. The van der Waals surface area contributed by atoms with Crippen molar-refractivity contribution < 1.29 is 4.74 Å². The van der Waals surface area contributed by atoms with E-state index in [0.717, 1.165) is 12.1 Å². The molecule has 0 spiro atoms. The van der Waals surface area contributed by atoms with E-state index in [1.165, 1.54) is 11.2 Å². The number of H-pyrrole nitrogens is 1. The van der Waals surface area contributed by atoms with Gasteiger partial charge in [0.15, 0.2) is 5.65 Å². The molecule has 0 saturated carbocycles. The highest BCUT2D eigenvalue weighted by Crippen LogP contribution is 2.21. The van der Waals surface area contributed by atoms with E-state index in [2.05, 4.69) is 24.9 Å². The number of aromatic nitrogens is 5. The zero-order chi connectivity index (χ0) is 13.2. The SMILES string of the molecule is Cc1ncsc1CCOc1nc(Cl)nc2nc[nH]c12. The lowest BCUT2D eigenvalue weighted by Gasteiger charge is -2.05. The summed E-state index contributed by atoms with van der Waals surface area (Å²) in [5.74, 6) is 0.426. The monoisotopic (exact) mass is 295 g/mol. The molecule has 19 heavy (non-hydrogen) atoms. The summed E-state index contributed by atoms with van der Waals surface area (Å²) in [7, 11) is 0. The van der Waals surface area contributed by atoms with Crippen LogP contribution in [0.2, 0.25) is 5.28 Å². The molecule has 0 unspecified atom stereocenters. The zero-order valence-corrected chi connectivity index (χ0v) is 11.6. The largest absolute Gasteiger partial charge is 0.476 e. The van der Waals surface area contributed by atoms with Crippen LogP contribution in [0.5, 0.6) is 5.88 Å². The lowest BCUT2D eigenvalue weighted by Crippen LogP contribution is -2.04. The van der Waals surface area contributed by atoms with Gasteiger partial charge >= 0.3 is 0 Å². The van der Waals surface area contributed by atoms with Crippen LogP contribution in [0.15, 0.2) is 11.8 Å². The molecule has 0 amide bonds. The van der Waals surface area contributed by atoms with Gasteiger partial charge in [-0.2, -0.15) is 9.97 Å². The van der Waals surface area contributed by atoms with Crippen molar-refractivity contribution in [3.05, 3.63) is 27.7 Å². The molecule has 3 rings (SSSR count). The van der Waals surface area contributed by atoms with Crippen LogP contribution in [0.1, 0.15) is 10.6 Å². The van der Waals surface area contributed by atoms with E-state index in [9.17, 15) is 0 Å². The Morgan fingerprint density at radius 1 is 1.37 bits per heavy atom. The first-order valence-electron chi connectivity index (χ1n) is 5.62. The molecule has 3 heterocycles. The summed E-state index contributed by atoms with van der Waals surface area (Å²) in [6.07, 6.45) is 2.32. The van der Waals surface area contributed by atoms with Gasteiger partial charge in [0.25, 0.3) is 0 Å². The molecular weight excluding hydrogens is 286 g/mol. The molecule has 0 fully saturated rings. The van der Waals surface area contributed by atoms with Crippen molar-refractivity contribution in [1.82, 2.24) is 24.9 Å². The second-order valence-corrected chi connectivity index (χ2v) is 5.14. The van der Waals surface area contributed by atoms with Crippen LogP contribution in [0.3, 0.4) is 0 Å². The van der Waals surface area contributed by atoms with E-state index in [4.69, 9.17) is 16.3 Å². The van der Waals surface area contributed by atoms with E-state index in [1.54, 1.807) is 11.3 Å². The van der Waals surface area contributed by atoms with E-state index in [0.29, 0.717) is 23.7 Å². The number of imidazole rings is 1. The number of nitrogens with zero attached hydrogens (tertiary/aromatic N) is 4. The maximum absolute atomic E-state index is 5.82. The molecule has 0 saturated heterocycles. The van der Waals surface area contributed by atoms with E-state index in [-0.39, 0.29) is 5.28 Å². The van der Waals surface area contributed by atoms with Gasteiger partial charge in [-0.1, -0.05) is 0 Å². The molecule has 0 radical (unpaired) electrons. The Kier molecular flexibility index (Phi) is 3.31. The lowest BCUT2D eigenvalue weighted by atomic mass is 10.3. The van der Waals surface area contributed by atoms with Crippen molar-refractivity contribution in [2.75, 3.05) is 6.61 Å². The minimum Gasteiger partial charge on any atom is -0.476 e. The van der Waals surface area contributed by atoms with Crippen LogP contribution >= 0.6 is 22.9 Å². The quantitative estimate of drug-likeness (QED) is 0.748. The van der Waals surface area contributed by atoms with Gasteiger partial charge in [0.05, 0.1) is 24.1 Å². The normalized spacial score (nSPS) is 11.1. The Morgan fingerprint density at radius 3 is 3.05 bits per heavy atom. The molecule has 6 nitrogen and oxygen atoms in total. The number of aryl methyl sites for hydroxylation is 1. The summed E-state index contributed by atoms with van der Waals surface area (Å²) in [6.45, 7) is 2.49. The average Bonchev–Trinajstić information content (AvgIpc) is 2.98. The minimum absolute atomic E-state index is 0.128. The topological polar surface area (TPSA) is 76.6 Å². The molecule has 0 aliphatic rings. The second-order valence-electron chi connectivity index (χ2n) is 3.86. The van der Waals surface area contributed by atoms with Gasteiger partial charge in [-0.05, 0) is 18.5 Å². The summed E-state index contributed by atoms with van der Waals surface area (Å²) in [5.41, 5.74) is 4.04. The number of aromatic amines is 1. The van der Waals surface area contributed by atoms with E-state index < -0.39 is 0 Å². The molecule has 0 bridgehead atoms. The highest BCUT2D eigenvalue weighted by molar-refractivity contribution is 7.09. The van der Waals surface area contributed by atoms with Crippen LogP contribution in [-0.4, -0.2) is 31.5 Å². The Morgan fingerprint density at radius 2 is 2.26 bits per heavy atom. The Balaban J connectivity index is 1.75. The second kappa shape index (κ2) is 5.10. The van der Waals surface area contributed by atoms with Crippen molar-refractivity contribution in [2.45, 2.75) is 13.3 Å². The lowest BCUT2D eigenvalue weighted by molar-refractivity contribution is 0.313. The number of ether oxygens (including phenoxy) is 1. The fourth-order valence-corrected chi connectivity index (χ4v) is 2.61. The molecule has 0 aromatic carbocycles. The number of hydrogen-bond donors (Lipinski definition) is 1. The van der Waals surface area contributed by atoms with Crippen LogP contribution in [-0.2, 0) is 6.42 Å². The number of hydrogen-bond acceptors (Lipinski definition) is 6. The van der Waals surface area contributed by atoms with Gasteiger partial charge in [0.2, 0.25) is 11.2 Å². The van der Waals surface area contributed by atoms with Crippen LogP contribution in [0.25, 0.3) is 11.2 Å². The highest BCUT2D eigenvalue weighted by Gasteiger charge is 2.10. The van der Waals surface area contributed by atoms with Crippen molar-refractivity contribution in [3.8, 4) is 5.88 Å². The predicted molar refractivity (Wildman–Crippen MR) is 72.7 cm³/mol. The van der Waals surface area contributed by atoms with Crippen molar-refractivity contribution in [2.24, 2.45) is 0 Å². The molecular formula is C11H10ClN5OS. The number of nitrogens with one attached hydrogen (secondary N) is 1. The van der Waals surface area contributed by atoms with E-state index in [1.807, 2.05) is 12.4 Å². The van der Waals surface area contributed by atoms with E-state index >= 15 is 0 Å². The molecule has 0 aliphatic heterocycles. The first kappa shape index (κ1) is 12.3. The summed E-state index contributed by atoms with van der Waals surface area (Å²) in [5, 5.41) is 0.128. The summed E-state index contributed by atoms with van der Waals surface area (Å²) in [4.78, 5) is 20.4. The van der Waals surface area contributed by atoms with Gasteiger partial charge in [0, 0.05) is 11.3 Å². The molecule has 98 valence electrons. The summed E-state index contributed by atoms with van der Waals surface area (Å²) in [6, 6.07) is 0. The minimum atomic E-state index is 0.128.